The number of methoxy groups -OCH3 is 1. The number of hydrogen-bond acceptors (Lipinski definition) is 9. The summed E-state index contributed by atoms with van der Waals surface area (Å²) in [6, 6.07) is 4.50. The molecule has 0 aromatic heterocycles. The number of esters is 3. The van der Waals surface area contributed by atoms with E-state index in [2.05, 4.69) is 23.9 Å². The molecule has 35 heavy (non-hydrogen) atoms. The minimum atomic E-state index is -0.523. The van der Waals surface area contributed by atoms with E-state index < -0.39 is 6.04 Å². The SMILES string of the molecule is CCCCCC(=O)Oc1ccc(C[C@H](NCC)C(=O)OC)cc1OC(=O)CCCCC.O=C1CO1. The van der Waals surface area contributed by atoms with Gasteiger partial charge >= 0.3 is 23.9 Å². The fourth-order valence-corrected chi connectivity index (χ4v) is 3.12. The molecule has 1 N–H and O–H groups in total. The standard InChI is InChI=1S/C24H37NO6.C2H2O2/c1-5-8-10-12-22(26)30-20-15-14-18(16-19(25-7-3)24(28)29-4)17-21(20)31-23(27)13-11-9-6-2;3-2-1-4-2/h14-15,17,19,25H,5-13,16H2,1-4H3;1H2/t19-;/m0./s1. The highest BCUT2D eigenvalue weighted by atomic mass is 16.6. The fraction of sp³-hybridized carbons (Fsp3) is 0.615. The lowest BCUT2D eigenvalue weighted by molar-refractivity contribution is -0.143. The first-order valence-electron chi connectivity index (χ1n) is 12.4. The van der Waals surface area contributed by atoms with Gasteiger partial charge in [0.15, 0.2) is 18.1 Å². The molecule has 1 aliphatic rings. The summed E-state index contributed by atoms with van der Waals surface area (Å²) in [5.74, 6) is -0.767. The summed E-state index contributed by atoms with van der Waals surface area (Å²) < 4.78 is 19.9. The van der Waals surface area contributed by atoms with Crippen molar-refractivity contribution in [1.29, 1.82) is 0 Å². The van der Waals surface area contributed by atoms with E-state index in [4.69, 9.17) is 14.2 Å². The molecule has 1 aromatic carbocycles. The summed E-state index contributed by atoms with van der Waals surface area (Å²) in [6.45, 7) is 6.98. The van der Waals surface area contributed by atoms with Gasteiger partial charge in [0.25, 0.3) is 0 Å². The van der Waals surface area contributed by atoms with Crippen LogP contribution in [0.5, 0.6) is 11.5 Å². The number of cyclic esters (lactones) is 1. The van der Waals surface area contributed by atoms with E-state index in [-0.39, 0.29) is 35.4 Å². The predicted molar refractivity (Wildman–Crippen MR) is 130 cm³/mol. The third kappa shape index (κ3) is 13.5. The zero-order valence-corrected chi connectivity index (χ0v) is 21.4. The summed E-state index contributed by atoms with van der Waals surface area (Å²) >= 11 is 0. The average Bonchev–Trinajstić information content (AvgIpc) is 3.62. The Morgan fingerprint density at radius 3 is 1.94 bits per heavy atom. The first-order chi connectivity index (χ1) is 16.8. The number of nitrogens with one attached hydrogen (secondary N) is 1. The summed E-state index contributed by atoms with van der Waals surface area (Å²) in [5.41, 5.74) is 0.762. The largest absolute Gasteiger partial charge is 0.468 e. The third-order valence-corrected chi connectivity index (χ3v) is 5.06. The van der Waals surface area contributed by atoms with Crippen LogP contribution in [0.1, 0.15) is 77.7 Å². The van der Waals surface area contributed by atoms with Crippen LogP contribution < -0.4 is 14.8 Å². The molecule has 2 rings (SSSR count). The van der Waals surface area contributed by atoms with Crippen molar-refractivity contribution in [2.45, 2.75) is 84.6 Å². The number of carbonyl (C=O) groups is 4. The second-order valence-corrected chi connectivity index (χ2v) is 8.14. The van der Waals surface area contributed by atoms with Gasteiger partial charge in [0.2, 0.25) is 0 Å². The van der Waals surface area contributed by atoms with Crippen molar-refractivity contribution < 1.29 is 38.1 Å². The summed E-state index contributed by atoms with van der Waals surface area (Å²) in [6.07, 6.45) is 6.36. The molecule has 1 saturated heterocycles. The van der Waals surface area contributed by atoms with Crippen LogP contribution in [-0.4, -0.2) is 50.2 Å². The van der Waals surface area contributed by atoms with E-state index >= 15 is 0 Å². The lowest BCUT2D eigenvalue weighted by atomic mass is 10.1. The number of ether oxygens (including phenoxy) is 4. The molecule has 1 aliphatic heterocycles. The molecule has 0 radical (unpaired) electrons. The Labute approximate surface area is 207 Å². The van der Waals surface area contributed by atoms with Crippen molar-refractivity contribution in [2.24, 2.45) is 0 Å². The van der Waals surface area contributed by atoms with Crippen molar-refractivity contribution >= 4 is 23.9 Å². The number of rotatable bonds is 15. The topological polar surface area (TPSA) is 121 Å². The Balaban J connectivity index is 0.00000138. The van der Waals surface area contributed by atoms with Gasteiger partial charge in [-0.2, -0.15) is 0 Å². The van der Waals surface area contributed by atoms with E-state index in [0.717, 1.165) is 44.1 Å². The second-order valence-electron chi connectivity index (χ2n) is 8.14. The molecule has 0 saturated carbocycles. The van der Waals surface area contributed by atoms with Crippen molar-refractivity contribution in [1.82, 2.24) is 5.32 Å². The monoisotopic (exact) mass is 493 g/mol. The minimum Gasteiger partial charge on any atom is -0.468 e. The highest BCUT2D eigenvalue weighted by Gasteiger charge is 2.21. The molecule has 1 fully saturated rings. The van der Waals surface area contributed by atoms with Crippen LogP contribution in [0.4, 0.5) is 0 Å². The molecule has 0 amide bonds. The maximum Gasteiger partial charge on any atom is 0.344 e. The molecule has 1 atom stereocenters. The molecule has 9 nitrogen and oxygen atoms in total. The quantitative estimate of drug-likeness (QED) is 0.168. The molecule has 196 valence electrons. The number of unbranched alkanes of at least 4 members (excludes halogenated alkanes) is 4. The van der Waals surface area contributed by atoms with Gasteiger partial charge in [-0.15, -0.1) is 0 Å². The van der Waals surface area contributed by atoms with Gasteiger partial charge < -0.3 is 24.3 Å². The molecule has 0 spiro atoms. The van der Waals surface area contributed by atoms with E-state index in [1.165, 1.54) is 7.11 Å². The van der Waals surface area contributed by atoms with E-state index in [1.807, 2.05) is 6.92 Å². The molecule has 1 aromatic rings. The van der Waals surface area contributed by atoms with E-state index in [1.54, 1.807) is 18.2 Å². The maximum absolute atomic E-state index is 12.3. The molecular formula is C26H39NO8. The summed E-state index contributed by atoms with van der Waals surface area (Å²) in [4.78, 5) is 45.8. The molecular weight excluding hydrogens is 454 g/mol. The Hall–Kier alpha value is -2.94. The fourth-order valence-electron chi connectivity index (χ4n) is 3.12. The van der Waals surface area contributed by atoms with Gasteiger partial charge in [0.1, 0.15) is 6.04 Å². The maximum atomic E-state index is 12.3. The van der Waals surface area contributed by atoms with Gasteiger partial charge in [-0.1, -0.05) is 52.5 Å². The zero-order chi connectivity index (χ0) is 26.1. The smallest absolute Gasteiger partial charge is 0.344 e. The first kappa shape index (κ1) is 30.1. The molecule has 9 heteroatoms. The molecule has 1 heterocycles. The van der Waals surface area contributed by atoms with E-state index in [9.17, 15) is 19.2 Å². The van der Waals surface area contributed by atoms with Gasteiger partial charge in [-0.25, -0.2) is 4.79 Å². The van der Waals surface area contributed by atoms with Crippen LogP contribution in [0, 0.1) is 0 Å². The first-order valence-corrected chi connectivity index (χ1v) is 12.4. The Morgan fingerprint density at radius 1 is 0.943 bits per heavy atom. The van der Waals surface area contributed by atoms with Crippen LogP contribution in [0.25, 0.3) is 0 Å². The number of hydrogen-bond donors (Lipinski definition) is 1. The molecule has 0 bridgehead atoms. The van der Waals surface area contributed by atoms with Crippen molar-refractivity contribution in [3.8, 4) is 11.5 Å². The summed E-state index contributed by atoms with van der Waals surface area (Å²) in [7, 11) is 1.34. The predicted octanol–water partition coefficient (Wildman–Crippen LogP) is 3.89. The van der Waals surface area contributed by atoms with Crippen LogP contribution in [0.2, 0.25) is 0 Å². The number of benzene rings is 1. The zero-order valence-electron chi connectivity index (χ0n) is 21.4. The van der Waals surface area contributed by atoms with Gasteiger partial charge in [0.05, 0.1) is 7.11 Å². The number of epoxide rings is 1. The lowest BCUT2D eigenvalue weighted by Crippen LogP contribution is -2.39. The van der Waals surface area contributed by atoms with Crippen LogP contribution in [0.3, 0.4) is 0 Å². The highest BCUT2D eigenvalue weighted by Crippen LogP contribution is 2.30. The molecule has 0 unspecified atom stereocenters. The third-order valence-electron chi connectivity index (χ3n) is 5.06. The Kier molecular flexibility index (Phi) is 15.0. The second kappa shape index (κ2) is 17.5. The Bertz CT molecular complexity index is 818. The highest BCUT2D eigenvalue weighted by molar-refractivity contribution is 5.82. The van der Waals surface area contributed by atoms with Crippen molar-refractivity contribution in [3.05, 3.63) is 23.8 Å². The van der Waals surface area contributed by atoms with Gasteiger partial charge in [0, 0.05) is 12.8 Å². The average molecular weight is 494 g/mol. The Morgan fingerprint density at radius 2 is 1.49 bits per heavy atom. The minimum absolute atomic E-state index is 0.0833. The van der Waals surface area contributed by atoms with Crippen molar-refractivity contribution in [3.63, 3.8) is 0 Å². The van der Waals surface area contributed by atoms with E-state index in [0.29, 0.717) is 32.4 Å². The number of likely N-dealkylation sites (N-methyl/N-ethyl adjacent to an activating group) is 1. The van der Waals surface area contributed by atoms with Gasteiger partial charge in [-0.3, -0.25) is 14.4 Å². The van der Waals surface area contributed by atoms with Gasteiger partial charge in [-0.05, 0) is 43.5 Å². The normalized spacial score (nSPS) is 12.5. The van der Waals surface area contributed by atoms with Crippen molar-refractivity contribution in [2.75, 3.05) is 20.3 Å². The number of carbonyl (C=O) groups excluding carboxylic acids is 4. The summed E-state index contributed by atoms with van der Waals surface area (Å²) in [5, 5.41) is 3.08. The van der Waals surface area contributed by atoms with Crippen LogP contribution in [-0.2, 0) is 35.1 Å². The lowest BCUT2D eigenvalue weighted by Gasteiger charge is -2.17. The molecule has 0 aliphatic carbocycles. The van der Waals surface area contributed by atoms with Crippen LogP contribution >= 0.6 is 0 Å². The van der Waals surface area contributed by atoms with Crippen LogP contribution in [0.15, 0.2) is 18.2 Å².